The molecule has 4 rings (SSSR count). The quantitative estimate of drug-likeness (QED) is 0.362. The Bertz CT molecular complexity index is 1260. The second-order valence-electron chi connectivity index (χ2n) is 10.3. The van der Waals surface area contributed by atoms with E-state index in [-0.39, 0.29) is 18.1 Å². The average Bonchev–Trinajstić information content (AvgIpc) is 3.06. The van der Waals surface area contributed by atoms with Gasteiger partial charge in [-0.15, -0.1) is 0 Å². The van der Waals surface area contributed by atoms with Gasteiger partial charge in [0.2, 0.25) is 5.91 Å². The molecule has 0 unspecified atom stereocenters. The molecular weight excluding hydrogens is 458 g/mol. The van der Waals surface area contributed by atoms with Crippen LogP contribution in [0.4, 0.5) is 5.69 Å². The van der Waals surface area contributed by atoms with E-state index in [2.05, 4.69) is 44.2 Å². The molecule has 1 aliphatic heterocycles. The molecule has 0 bridgehead atoms. The Labute approximate surface area is 206 Å². The van der Waals surface area contributed by atoms with Gasteiger partial charge in [0, 0.05) is 18.2 Å². The number of hydrogen-bond donors (Lipinski definition) is 1. The van der Waals surface area contributed by atoms with Crippen molar-refractivity contribution < 1.29 is 18.8 Å². The Morgan fingerprint density at radius 2 is 1.63 bits per heavy atom. The summed E-state index contributed by atoms with van der Waals surface area (Å²) in [5.41, 5.74) is 1.79. The predicted octanol–water partition coefficient (Wildman–Crippen LogP) is 5.25. The lowest BCUT2D eigenvalue weighted by molar-refractivity contribution is -0.120. The second kappa shape index (κ2) is 9.35. The molecule has 182 valence electrons. The zero-order chi connectivity index (χ0) is 25.4. The van der Waals surface area contributed by atoms with Crippen LogP contribution in [0.3, 0.4) is 0 Å². The maximum Gasteiger partial charge on any atom is 0.262 e. The Hall–Kier alpha value is -3.36. The molecule has 0 fully saturated rings. The molecule has 2 aromatic carbocycles. The Kier molecular flexibility index (Phi) is 6.61. The van der Waals surface area contributed by atoms with Crippen molar-refractivity contribution in [3.8, 4) is 0 Å². The summed E-state index contributed by atoms with van der Waals surface area (Å²) < 4.78 is 6.30. The number of carbonyl (C=O) groups is 3. The van der Waals surface area contributed by atoms with E-state index in [0.717, 1.165) is 10.3 Å². The van der Waals surface area contributed by atoms with E-state index in [1.807, 2.05) is 24.3 Å². The van der Waals surface area contributed by atoms with E-state index < -0.39 is 32.1 Å². The van der Waals surface area contributed by atoms with Crippen molar-refractivity contribution in [3.63, 3.8) is 0 Å². The minimum absolute atomic E-state index is 0.00506. The zero-order valence-electron chi connectivity index (χ0n) is 20.8. The number of nitrogens with zero attached hydrogens (tertiary/aromatic N) is 2. The Morgan fingerprint density at radius 3 is 2.26 bits per heavy atom. The first-order valence-corrected chi connectivity index (χ1v) is 14.7. The number of imide groups is 1. The van der Waals surface area contributed by atoms with E-state index in [0.29, 0.717) is 22.3 Å². The molecule has 0 radical (unpaired) electrons. The Balaban J connectivity index is 1.63. The molecule has 1 aromatic heterocycles. The number of fused-ring (bicyclic) bond motifs is 2. The highest BCUT2D eigenvalue weighted by molar-refractivity contribution is 6.74. The molecule has 1 N–H and O–H groups in total. The number of pyridine rings is 1. The third-order valence-electron chi connectivity index (χ3n) is 6.99. The molecule has 1 atom stereocenters. The van der Waals surface area contributed by atoms with Crippen molar-refractivity contribution in [2.45, 2.75) is 51.4 Å². The smallest absolute Gasteiger partial charge is 0.262 e. The van der Waals surface area contributed by atoms with Gasteiger partial charge < -0.3 is 9.74 Å². The number of aromatic nitrogens is 1. The van der Waals surface area contributed by atoms with Crippen LogP contribution in [0.15, 0.2) is 60.8 Å². The standard InChI is InChI=1S/C27H31N3O4Si/c1-27(2,3)35(4,5)34-17-15-22(30-25(32)19-12-6-7-13-20(19)26(30)33)24(31)29-21-14-8-10-18-11-9-16-28-23(18)21/h6-14,16,22H,15,17H2,1-5H3,(H,29,31)/t22-/m0/s1. The number of nitrogens with one attached hydrogen (secondary N) is 1. The highest BCUT2D eigenvalue weighted by atomic mass is 28.4. The molecule has 8 heteroatoms. The van der Waals surface area contributed by atoms with Gasteiger partial charge in [0.15, 0.2) is 8.32 Å². The summed E-state index contributed by atoms with van der Waals surface area (Å²) in [5, 5.41) is 3.79. The fraction of sp³-hybridized carbons (Fsp3) is 0.333. The summed E-state index contributed by atoms with van der Waals surface area (Å²) in [6.07, 6.45) is 1.86. The van der Waals surface area contributed by atoms with Gasteiger partial charge in [-0.25, -0.2) is 0 Å². The summed E-state index contributed by atoms with van der Waals surface area (Å²) in [6, 6.07) is 14.9. The van der Waals surface area contributed by atoms with Crippen LogP contribution in [0.2, 0.25) is 18.1 Å². The minimum Gasteiger partial charge on any atom is -0.417 e. The molecule has 0 spiro atoms. The van der Waals surface area contributed by atoms with Crippen LogP contribution >= 0.6 is 0 Å². The third kappa shape index (κ3) is 4.76. The maximum atomic E-state index is 13.6. The molecule has 0 saturated heterocycles. The van der Waals surface area contributed by atoms with Crippen LogP contribution in [0, 0.1) is 0 Å². The summed E-state index contributed by atoms with van der Waals surface area (Å²) >= 11 is 0. The van der Waals surface area contributed by atoms with Crippen LogP contribution in [0.5, 0.6) is 0 Å². The molecule has 3 amide bonds. The highest BCUT2D eigenvalue weighted by Gasteiger charge is 2.43. The SMILES string of the molecule is CC(C)(C)[Si](C)(C)OCC[C@@H](C(=O)Nc1cccc2cccnc12)N1C(=O)c2ccccc2C1=O. The van der Waals surface area contributed by atoms with Crippen molar-refractivity contribution in [1.29, 1.82) is 0 Å². The van der Waals surface area contributed by atoms with Crippen molar-refractivity contribution in [1.82, 2.24) is 9.88 Å². The van der Waals surface area contributed by atoms with Crippen molar-refractivity contribution in [3.05, 3.63) is 71.9 Å². The van der Waals surface area contributed by atoms with Gasteiger partial charge in [-0.2, -0.15) is 0 Å². The van der Waals surface area contributed by atoms with Crippen LogP contribution in [-0.4, -0.2) is 48.6 Å². The normalized spacial score (nSPS) is 14.8. The average molecular weight is 490 g/mol. The van der Waals surface area contributed by atoms with Crippen molar-refractivity contribution >= 4 is 42.6 Å². The number of carbonyl (C=O) groups excluding carboxylic acids is 3. The van der Waals surface area contributed by atoms with E-state index in [1.165, 1.54) is 0 Å². The lowest BCUT2D eigenvalue weighted by Crippen LogP contribution is -2.49. The minimum atomic E-state index is -2.08. The van der Waals surface area contributed by atoms with E-state index in [1.54, 1.807) is 36.5 Å². The molecular formula is C27H31N3O4Si. The van der Waals surface area contributed by atoms with Crippen LogP contribution in [0.1, 0.15) is 47.9 Å². The molecule has 7 nitrogen and oxygen atoms in total. The Morgan fingerprint density at radius 1 is 1.00 bits per heavy atom. The van der Waals surface area contributed by atoms with Crippen LogP contribution in [-0.2, 0) is 9.22 Å². The predicted molar refractivity (Wildman–Crippen MR) is 139 cm³/mol. The summed E-state index contributed by atoms with van der Waals surface area (Å²) in [4.78, 5) is 45.5. The first kappa shape index (κ1) is 24.8. The van der Waals surface area contributed by atoms with E-state index in [9.17, 15) is 14.4 Å². The summed E-state index contributed by atoms with van der Waals surface area (Å²) in [6.45, 7) is 10.9. The molecule has 0 saturated carbocycles. The first-order chi connectivity index (χ1) is 16.5. The number of hydrogen-bond acceptors (Lipinski definition) is 5. The summed E-state index contributed by atoms with van der Waals surface area (Å²) in [5.74, 6) is -1.38. The largest absolute Gasteiger partial charge is 0.417 e. The summed E-state index contributed by atoms with van der Waals surface area (Å²) in [7, 11) is -2.08. The second-order valence-corrected chi connectivity index (χ2v) is 15.1. The van der Waals surface area contributed by atoms with Crippen LogP contribution in [0.25, 0.3) is 10.9 Å². The molecule has 35 heavy (non-hydrogen) atoms. The van der Waals surface area contributed by atoms with Crippen molar-refractivity contribution in [2.24, 2.45) is 0 Å². The number of amides is 3. The van der Waals surface area contributed by atoms with E-state index in [4.69, 9.17) is 4.43 Å². The van der Waals surface area contributed by atoms with Gasteiger partial charge in [0.1, 0.15) is 6.04 Å². The molecule has 0 aliphatic carbocycles. The monoisotopic (exact) mass is 489 g/mol. The fourth-order valence-corrected chi connectivity index (χ4v) is 4.99. The molecule has 3 aromatic rings. The molecule has 1 aliphatic rings. The lowest BCUT2D eigenvalue weighted by Gasteiger charge is -2.36. The topological polar surface area (TPSA) is 88.6 Å². The highest BCUT2D eigenvalue weighted by Crippen LogP contribution is 2.37. The van der Waals surface area contributed by atoms with Crippen LogP contribution < -0.4 is 5.32 Å². The van der Waals surface area contributed by atoms with E-state index >= 15 is 0 Å². The van der Waals surface area contributed by atoms with Gasteiger partial charge in [0.25, 0.3) is 11.8 Å². The number of rotatable bonds is 7. The third-order valence-corrected chi connectivity index (χ3v) is 11.5. The van der Waals surface area contributed by atoms with Crippen molar-refractivity contribution in [2.75, 3.05) is 11.9 Å². The number of anilines is 1. The van der Waals surface area contributed by atoms with Gasteiger partial charge >= 0.3 is 0 Å². The fourth-order valence-electron chi connectivity index (χ4n) is 3.93. The number of benzene rings is 2. The van der Waals surface area contributed by atoms with Gasteiger partial charge in [-0.05, 0) is 48.8 Å². The van der Waals surface area contributed by atoms with Gasteiger partial charge in [0.05, 0.1) is 22.3 Å². The maximum absolute atomic E-state index is 13.6. The lowest BCUT2D eigenvalue weighted by atomic mass is 10.1. The molecule has 2 heterocycles. The zero-order valence-corrected chi connectivity index (χ0v) is 21.8. The number of para-hydroxylation sites is 1. The van der Waals surface area contributed by atoms with Gasteiger partial charge in [-0.3, -0.25) is 24.3 Å². The van der Waals surface area contributed by atoms with Gasteiger partial charge in [-0.1, -0.05) is 51.1 Å². The first-order valence-electron chi connectivity index (χ1n) is 11.8.